The SMILES string of the molecule is CC(F)(F)F.CC1CCC(C(=O)Nc2ccnc(C(N)=O)c2)O1. The summed E-state index contributed by atoms with van der Waals surface area (Å²) < 4.78 is 36.5. The van der Waals surface area contributed by atoms with Gasteiger partial charge in [-0.1, -0.05) is 0 Å². The second-order valence-corrected chi connectivity index (χ2v) is 5.08. The number of rotatable bonds is 3. The molecule has 1 aromatic heterocycles. The predicted molar refractivity (Wildman–Crippen MR) is 76.7 cm³/mol. The number of nitrogens with two attached hydrogens (primary N) is 1. The molecule has 0 spiro atoms. The number of halogens is 3. The number of hydrogen-bond acceptors (Lipinski definition) is 4. The summed E-state index contributed by atoms with van der Waals surface area (Å²) >= 11 is 0. The summed E-state index contributed by atoms with van der Waals surface area (Å²) in [6, 6.07) is 3.04. The molecule has 0 aliphatic carbocycles. The first-order valence-electron chi connectivity index (χ1n) is 6.85. The summed E-state index contributed by atoms with van der Waals surface area (Å²) in [5, 5.41) is 2.69. The van der Waals surface area contributed by atoms with E-state index in [4.69, 9.17) is 10.5 Å². The van der Waals surface area contributed by atoms with Gasteiger partial charge in [-0.3, -0.25) is 14.6 Å². The summed E-state index contributed by atoms with van der Waals surface area (Å²) in [6.07, 6.45) is -1.31. The van der Waals surface area contributed by atoms with Gasteiger partial charge in [-0.25, -0.2) is 0 Å². The third-order valence-corrected chi connectivity index (χ3v) is 2.80. The molecular weight excluding hydrogens is 315 g/mol. The summed E-state index contributed by atoms with van der Waals surface area (Å²) in [5.41, 5.74) is 5.73. The molecule has 0 saturated carbocycles. The van der Waals surface area contributed by atoms with Crippen LogP contribution in [0.2, 0.25) is 0 Å². The number of alkyl halides is 3. The Morgan fingerprint density at radius 1 is 1.39 bits per heavy atom. The topological polar surface area (TPSA) is 94.3 Å². The molecule has 2 unspecified atom stereocenters. The normalized spacial score (nSPS) is 20.4. The van der Waals surface area contributed by atoms with Crippen molar-refractivity contribution in [3.05, 3.63) is 24.0 Å². The fraction of sp³-hybridized carbons (Fsp3) is 0.500. The Kier molecular flexibility index (Phi) is 6.49. The highest BCUT2D eigenvalue weighted by molar-refractivity contribution is 5.96. The third kappa shape index (κ3) is 7.59. The van der Waals surface area contributed by atoms with Crippen LogP contribution < -0.4 is 11.1 Å². The van der Waals surface area contributed by atoms with Crippen LogP contribution in [0.3, 0.4) is 0 Å². The Labute approximate surface area is 131 Å². The van der Waals surface area contributed by atoms with Crippen LogP contribution >= 0.6 is 0 Å². The van der Waals surface area contributed by atoms with Crippen molar-refractivity contribution in [2.75, 3.05) is 5.32 Å². The van der Waals surface area contributed by atoms with E-state index in [0.29, 0.717) is 12.1 Å². The van der Waals surface area contributed by atoms with Crippen molar-refractivity contribution in [1.29, 1.82) is 0 Å². The Balaban J connectivity index is 0.000000463. The van der Waals surface area contributed by atoms with E-state index in [1.54, 1.807) is 6.07 Å². The molecule has 0 aromatic carbocycles. The number of carbonyl (C=O) groups excluding carboxylic acids is 2. The smallest absolute Gasteiger partial charge is 0.365 e. The predicted octanol–water partition coefficient (Wildman–Crippen LogP) is 2.26. The van der Waals surface area contributed by atoms with Gasteiger partial charge in [0.15, 0.2) is 0 Å². The van der Waals surface area contributed by atoms with Crippen molar-refractivity contribution in [2.24, 2.45) is 5.73 Å². The van der Waals surface area contributed by atoms with Crippen LogP contribution in [-0.4, -0.2) is 35.2 Å². The first-order valence-corrected chi connectivity index (χ1v) is 6.85. The van der Waals surface area contributed by atoms with Crippen molar-refractivity contribution in [1.82, 2.24) is 4.98 Å². The van der Waals surface area contributed by atoms with Gasteiger partial charge in [-0.2, -0.15) is 13.2 Å². The van der Waals surface area contributed by atoms with Gasteiger partial charge < -0.3 is 15.8 Å². The van der Waals surface area contributed by atoms with Gasteiger partial charge in [0.2, 0.25) is 0 Å². The average Bonchev–Trinajstić information content (AvgIpc) is 2.84. The lowest BCUT2D eigenvalue weighted by atomic mass is 10.2. The number of amides is 2. The van der Waals surface area contributed by atoms with E-state index in [1.807, 2.05) is 6.92 Å². The van der Waals surface area contributed by atoms with E-state index in [1.165, 1.54) is 12.3 Å². The Morgan fingerprint density at radius 3 is 2.48 bits per heavy atom. The Bertz CT molecular complexity index is 558. The highest BCUT2D eigenvalue weighted by Crippen LogP contribution is 2.20. The molecule has 1 aliphatic rings. The molecule has 1 aromatic rings. The van der Waals surface area contributed by atoms with Crippen molar-refractivity contribution in [3.63, 3.8) is 0 Å². The maximum Gasteiger partial charge on any atom is 0.386 e. The minimum Gasteiger partial charge on any atom is -0.365 e. The molecule has 2 heterocycles. The van der Waals surface area contributed by atoms with Gasteiger partial charge >= 0.3 is 6.18 Å². The first-order chi connectivity index (χ1) is 10.6. The summed E-state index contributed by atoms with van der Waals surface area (Å²) in [6.45, 7) is 2.12. The number of pyridine rings is 1. The molecule has 23 heavy (non-hydrogen) atoms. The fourth-order valence-electron chi connectivity index (χ4n) is 1.86. The van der Waals surface area contributed by atoms with Crippen molar-refractivity contribution >= 4 is 17.5 Å². The van der Waals surface area contributed by atoms with Crippen LogP contribution in [0.25, 0.3) is 0 Å². The molecule has 1 fully saturated rings. The second kappa shape index (κ2) is 7.91. The number of primary amides is 1. The lowest BCUT2D eigenvalue weighted by Gasteiger charge is -2.11. The van der Waals surface area contributed by atoms with Gasteiger partial charge in [-0.15, -0.1) is 0 Å². The lowest BCUT2D eigenvalue weighted by molar-refractivity contribution is -0.126. The average molecular weight is 333 g/mol. The zero-order valence-electron chi connectivity index (χ0n) is 12.7. The zero-order chi connectivity index (χ0) is 17.6. The maximum absolute atomic E-state index is 11.9. The number of carbonyl (C=O) groups is 2. The molecule has 0 radical (unpaired) electrons. The number of aromatic nitrogens is 1. The quantitative estimate of drug-likeness (QED) is 0.887. The van der Waals surface area contributed by atoms with Gasteiger partial charge in [0.25, 0.3) is 11.8 Å². The summed E-state index contributed by atoms with van der Waals surface area (Å²) in [7, 11) is 0. The fourth-order valence-corrected chi connectivity index (χ4v) is 1.86. The van der Waals surface area contributed by atoms with Crippen molar-refractivity contribution in [3.8, 4) is 0 Å². The van der Waals surface area contributed by atoms with Crippen LogP contribution in [0.5, 0.6) is 0 Å². The van der Waals surface area contributed by atoms with E-state index < -0.39 is 18.2 Å². The first kappa shape index (κ1) is 18.9. The molecule has 3 N–H and O–H groups in total. The highest BCUT2D eigenvalue weighted by Gasteiger charge is 2.28. The van der Waals surface area contributed by atoms with Crippen LogP contribution in [0.15, 0.2) is 18.3 Å². The van der Waals surface area contributed by atoms with Gasteiger partial charge in [0, 0.05) is 18.8 Å². The minimum absolute atomic E-state index is 0.111. The second-order valence-electron chi connectivity index (χ2n) is 5.08. The number of anilines is 1. The number of nitrogens with one attached hydrogen (secondary N) is 1. The van der Waals surface area contributed by atoms with Gasteiger partial charge in [0.1, 0.15) is 11.8 Å². The molecular formula is C14H18F3N3O3. The molecule has 2 atom stereocenters. The maximum atomic E-state index is 11.9. The molecule has 128 valence electrons. The monoisotopic (exact) mass is 333 g/mol. The molecule has 1 aliphatic heterocycles. The number of nitrogens with zero attached hydrogens (tertiary/aromatic N) is 1. The molecule has 6 nitrogen and oxygen atoms in total. The lowest BCUT2D eigenvalue weighted by Crippen LogP contribution is -2.28. The molecule has 2 amide bonds. The van der Waals surface area contributed by atoms with Crippen LogP contribution in [-0.2, 0) is 9.53 Å². The molecule has 0 bridgehead atoms. The van der Waals surface area contributed by atoms with Crippen LogP contribution in [0, 0.1) is 0 Å². The van der Waals surface area contributed by atoms with E-state index >= 15 is 0 Å². The zero-order valence-corrected chi connectivity index (χ0v) is 12.7. The number of ether oxygens (including phenoxy) is 1. The standard InChI is InChI=1S/C12H15N3O3.C2H3F3/c1-7-2-3-10(18-7)12(17)15-8-4-5-14-9(6-8)11(13)16;1-2(3,4)5/h4-7,10H,2-3H2,1H3,(H2,13,16)(H,14,15,17);1H3. The minimum atomic E-state index is -4.00. The van der Waals surface area contributed by atoms with Gasteiger partial charge in [0.05, 0.1) is 6.10 Å². The summed E-state index contributed by atoms with van der Waals surface area (Å²) in [4.78, 5) is 26.6. The van der Waals surface area contributed by atoms with Crippen LogP contribution in [0.1, 0.15) is 37.2 Å². The van der Waals surface area contributed by atoms with E-state index in [9.17, 15) is 22.8 Å². The molecule has 2 rings (SSSR count). The highest BCUT2D eigenvalue weighted by atomic mass is 19.4. The van der Waals surface area contributed by atoms with E-state index in [-0.39, 0.29) is 24.6 Å². The van der Waals surface area contributed by atoms with Crippen LogP contribution in [0.4, 0.5) is 18.9 Å². The largest absolute Gasteiger partial charge is 0.386 e. The van der Waals surface area contributed by atoms with E-state index in [2.05, 4.69) is 10.3 Å². The Morgan fingerprint density at radius 2 is 2.00 bits per heavy atom. The summed E-state index contributed by atoms with van der Waals surface area (Å²) in [5.74, 6) is -0.835. The third-order valence-electron chi connectivity index (χ3n) is 2.80. The molecule has 9 heteroatoms. The van der Waals surface area contributed by atoms with E-state index in [0.717, 1.165) is 6.42 Å². The number of hydrogen-bond donors (Lipinski definition) is 2. The Hall–Kier alpha value is -2.16. The van der Waals surface area contributed by atoms with Gasteiger partial charge in [-0.05, 0) is 31.9 Å². The van der Waals surface area contributed by atoms with Crippen molar-refractivity contribution < 1.29 is 27.5 Å². The van der Waals surface area contributed by atoms with Crippen molar-refractivity contribution in [2.45, 2.75) is 45.1 Å². The molecule has 1 saturated heterocycles.